The third-order valence-corrected chi connectivity index (χ3v) is 5.64. The van der Waals surface area contributed by atoms with Gasteiger partial charge in [0.25, 0.3) is 0 Å². The van der Waals surface area contributed by atoms with Gasteiger partial charge in [-0.1, -0.05) is 11.6 Å². The van der Waals surface area contributed by atoms with Crippen LogP contribution in [0.2, 0.25) is 5.02 Å². The molecule has 1 aliphatic rings. The summed E-state index contributed by atoms with van der Waals surface area (Å²) >= 11 is 7.71. The first-order valence-electron chi connectivity index (χ1n) is 9.01. The molecule has 1 amide bonds. The molecule has 3 heterocycles. The number of aromatic nitrogens is 2. The van der Waals surface area contributed by atoms with Gasteiger partial charge >= 0.3 is 0 Å². The van der Waals surface area contributed by atoms with Crippen molar-refractivity contribution in [1.29, 1.82) is 0 Å². The summed E-state index contributed by atoms with van der Waals surface area (Å²) in [4.78, 5) is 23.3. The molecule has 0 spiro atoms. The number of aliphatic hydroxyl groups excluding tert-OH is 1. The minimum absolute atomic E-state index is 0.0167. The second kappa shape index (κ2) is 8.77. The minimum atomic E-state index is -0.158. The molecule has 2 aromatic heterocycles. The number of fused-ring (bicyclic) bond motifs is 1. The van der Waals surface area contributed by atoms with Crippen LogP contribution in [0.3, 0.4) is 0 Å². The Bertz CT molecular complexity index is 1010. The first-order chi connectivity index (χ1) is 14.2. The average Bonchev–Trinajstić information content (AvgIpc) is 3.39. The molecule has 1 aliphatic heterocycles. The number of rotatable bonds is 7. The lowest BCUT2D eigenvalue weighted by molar-refractivity contribution is -0.118. The van der Waals surface area contributed by atoms with Crippen molar-refractivity contribution in [2.45, 2.75) is 12.8 Å². The van der Waals surface area contributed by atoms with E-state index in [1.165, 1.54) is 11.3 Å². The van der Waals surface area contributed by atoms with Gasteiger partial charge in [-0.25, -0.2) is 4.98 Å². The highest BCUT2D eigenvalue weighted by molar-refractivity contribution is 7.14. The molecule has 0 aliphatic carbocycles. The minimum Gasteiger partial charge on any atom is -0.454 e. The largest absolute Gasteiger partial charge is 0.454 e. The maximum atomic E-state index is 13.1. The number of ether oxygens (including phenoxy) is 2. The predicted molar refractivity (Wildman–Crippen MR) is 111 cm³/mol. The molecular weight excluding hydrogens is 414 g/mol. The van der Waals surface area contributed by atoms with Crippen molar-refractivity contribution in [3.63, 3.8) is 0 Å². The zero-order valence-electron chi connectivity index (χ0n) is 15.4. The number of benzene rings is 1. The zero-order chi connectivity index (χ0) is 20.2. The van der Waals surface area contributed by atoms with Gasteiger partial charge < -0.3 is 14.6 Å². The number of hydrogen-bond donors (Lipinski definition) is 1. The topological polar surface area (TPSA) is 84.8 Å². The molecule has 0 unspecified atom stereocenters. The average molecular weight is 432 g/mol. The van der Waals surface area contributed by atoms with Crippen molar-refractivity contribution in [1.82, 2.24) is 9.97 Å². The quantitative estimate of drug-likeness (QED) is 0.615. The monoisotopic (exact) mass is 431 g/mol. The van der Waals surface area contributed by atoms with E-state index in [9.17, 15) is 9.90 Å². The van der Waals surface area contributed by atoms with Gasteiger partial charge in [-0.2, -0.15) is 0 Å². The van der Waals surface area contributed by atoms with Crippen LogP contribution in [-0.2, 0) is 11.2 Å². The molecule has 0 saturated carbocycles. The Labute approximate surface area is 176 Å². The van der Waals surface area contributed by atoms with Gasteiger partial charge in [-0.3, -0.25) is 14.7 Å². The molecule has 0 fully saturated rings. The van der Waals surface area contributed by atoms with Crippen LogP contribution >= 0.6 is 22.9 Å². The van der Waals surface area contributed by atoms with E-state index >= 15 is 0 Å². The number of carbonyl (C=O) groups is 1. The van der Waals surface area contributed by atoms with Crippen LogP contribution < -0.4 is 14.4 Å². The first kappa shape index (κ1) is 19.6. The number of hydrogen-bond acceptors (Lipinski definition) is 7. The lowest BCUT2D eigenvalue weighted by Crippen LogP contribution is -2.33. The van der Waals surface area contributed by atoms with Gasteiger partial charge in [0, 0.05) is 47.6 Å². The van der Waals surface area contributed by atoms with E-state index in [0.29, 0.717) is 40.2 Å². The lowest BCUT2D eigenvalue weighted by atomic mass is 10.1. The summed E-state index contributed by atoms with van der Waals surface area (Å²) in [6, 6.07) is 7.13. The van der Waals surface area contributed by atoms with E-state index in [1.54, 1.807) is 29.4 Å². The highest BCUT2D eigenvalue weighted by Crippen LogP contribution is 2.37. The Morgan fingerprint density at radius 3 is 2.76 bits per heavy atom. The van der Waals surface area contributed by atoms with Crippen LogP contribution in [0.25, 0.3) is 11.3 Å². The van der Waals surface area contributed by atoms with E-state index in [0.717, 1.165) is 11.3 Å². The molecule has 4 rings (SSSR count). The van der Waals surface area contributed by atoms with Gasteiger partial charge in [0.15, 0.2) is 16.6 Å². The van der Waals surface area contributed by atoms with Gasteiger partial charge in [0.2, 0.25) is 12.7 Å². The smallest absolute Gasteiger partial charge is 0.233 e. The van der Waals surface area contributed by atoms with E-state index in [1.807, 2.05) is 17.5 Å². The summed E-state index contributed by atoms with van der Waals surface area (Å²) in [6.45, 7) is 0.487. The molecule has 150 valence electrons. The maximum absolute atomic E-state index is 13.1. The van der Waals surface area contributed by atoms with Crippen LogP contribution in [0.5, 0.6) is 11.5 Å². The highest BCUT2D eigenvalue weighted by Gasteiger charge is 2.23. The fourth-order valence-corrected chi connectivity index (χ4v) is 4.05. The lowest BCUT2D eigenvalue weighted by Gasteiger charge is -2.20. The van der Waals surface area contributed by atoms with Crippen LogP contribution in [0.4, 0.5) is 5.13 Å². The van der Waals surface area contributed by atoms with E-state index in [2.05, 4.69) is 9.97 Å². The van der Waals surface area contributed by atoms with Crippen LogP contribution in [0, 0.1) is 0 Å². The molecule has 9 heteroatoms. The van der Waals surface area contributed by atoms with E-state index in [4.69, 9.17) is 21.1 Å². The number of nitrogens with zero attached hydrogens (tertiary/aromatic N) is 3. The number of carbonyl (C=O) groups excluding carboxylic acids is 1. The highest BCUT2D eigenvalue weighted by atomic mass is 35.5. The van der Waals surface area contributed by atoms with E-state index < -0.39 is 0 Å². The Balaban J connectivity index is 1.57. The van der Waals surface area contributed by atoms with Crippen molar-refractivity contribution in [3.8, 4) is 22.8 Å². The molecule has 1 aromatic carbocycles. The number of pyridine rings is 1. The van der Waals surface area contributed by atoms with Gasteiger partial charge in [-0.05, 0) is 30.2 Å². The van der Waals surface area contributed by atoms with Crippen molar-refractivity contribution in [2.24, 2.45) is 0 Å². The number of aliphatic hydroxyl groups is 1. The molecule has 0 saturated heterocycles. The Morgan fingerprint density at radius 1 is 1.24 bits per heavy atom. The van der Waals surface area contributed by atoms with Crippen molar-refractivity contribution >= 4 is 34.0 Å². The normalized spacial score (nSPS) is 12.2. The predicted octanol–water partition coefficient (Wildman–Crippen LogP) is 3.55. The number of halogens is 1. The first-order valence-corrected chi connectivity index (χ1v) is 10.3. The maximum Gasteiger partial charge on any atom is 0.233 e. The molecule has 3 aromatic rings. The molecule has 1 N–H and O–H groups in total. The Morgan fingerprint density at radius 2 is 2.00 bits per heavy atom. The summed E-state index contributed by atoms with van der Waals surface area (Å²) in [5.41, 5.74) is 2.35. The molecule has 0 atom stereocenters. The summed E-state index contributed by atoms with van der Waals surface area (Å²) in [6.07, 6.45) is 3.94. The van der Waals surface area contributed by atoms with Gasteiger partial charge in [-0.15, -0.1) is 11.3 Å². The molecule has 29 heavy (non-hydrogen) atoms. The van der Waals surface area contributed by atoms with Gasteiger partial charge in [0.1, 0.15) is 0 Å². The van der Waals surface area contributed by atoms with Crippen molar-refractivity contribution in [2.75, 3.05) is 24.8 Å². The third-order valence-electron chi connectivity index (χ3n) is 4.42. The van der Waals surface area contributed by atoms with Crippen LogP contribution in [-0.4, -0.2) is 40.9 Å². The summed E-state index contributed by atoms with van der Waals surface area (Å²) in [5, 5.41) is 12.2. The summed E-state index contributed by atoms with van der Waals surface area (Å²) in [7, 11) is 0. The molecule has 7 nitrogen and oxygen atoms in total. The fourth-order valence-electron chi connectivity index (χ4n) is 2.95. The number of thiazole rings is 1. The van der Waals surface area contributed by atoms with Crippen LogP contribution in [0.1, 0.15) is 12.0 Å². The second-order valence-electron chi connectivity index (χ2n) is 6.35. The standard InChI is InChI=1S/C20H18ClN3O4S/c21-15-10-18-17(27-12-28-18)8-14(15)9-19(26)24(6-1-7-25)20-23-16(11-29-20)13-2-4-22-5-3-13/h2-5,8,10-11,25H,1,6-7,9,12H2. The number of amides is 1. The SMILES string of the molecule is O=C(Cc1cc2c(cc1Cl)OCO2)N(CCCO)c1nc(-c2ccncc2)cs1. The zero-order valence-corrected chi connectivity index (χ0v) is 16.9. The van der Waals surface area contributed by atoms with Gasteiger partial charge in [0.05, 0.1) is 12.1 Å². The molecule has 0 bridgehead atoms. The fraction of sp³-hybridized carbons (Fsp3) is 0.250. The van der Waals surface area contributed by atoms with Crippen molar-refractivity contribution in [3.05, 3.63) is 52.6 Å². The Hall–Kier alpha value is -2.68. The van der Waals surface area contributed by atoms with Crippen molar-refractivity contribution < 1.29 is 19.4 Å². The van der Waals surface area contributed by atoms with Crippen LogP contribution in [0.15, 0.2) is 42.0 Å². The molecule has 0 radical (unpaired) electrons. The Kier molecular flexibility index (Phi) is 5.94. The van der Waals surface area contributed by atoms with E-state index in [-0.39, 0.29) is 25.7 Å². The third kappa shape index (κ3) is 4.34. The second-order valence-corrected chi connectivity index (χ2v) is 7.59. The molecular formula is C20H18ClN3O4S. The summed E-state index contributed by atoms with van der Waals surface area (Å²) < 4.78 is 10.7. The summed E-state index contributed by atoms with van der Waals surface area (Å²) in [5.74, 6) is 0.994. The number of anilines is 1.